The average Bonchev–Trinajstić information content (AvgIpc) is 3.22. The Hall–Kier alpha value is -4.91. The highest BCUT2D eigenvalue weighted by Gasteiger charge is 2.49. The first-order valence-corrected chi connectivity index (χ1v) is 18.3. The normalized spacial score (nSPS) is 20.1. The fourth-order valence-corrected chi connectivity index (χ4v) is 6.19. The van der Waals surface area contributed by atoms with Crippen molar-refractivity contribution < 1.29 is 42.8 Å². The second-order valence-electron chi connectivity index (χ2n) is 13.0. The Balaban J connectivity index is 1.50. The Morgan fingerprint density at radius 2 is 1.07 bits per heavy atom. The maximum absolute atomic E-state index is 13.6. The van der Waals surface area contributed by atoms with E-state index in [9.17, 15) is 14.4 Å². The largest absolute Gasteiger partial charge is 0.468 e. The van der Waals surface area contributed by atoms with Crippen LogP contribution in [0.15, 0.2) is 121 Å². The molecule has 4 aromatic carbocycles. The highest BCUT2D eigenvalue weighted by molar-refractivity contribution is 5.89. The number of hydrogen-bond donors (Lipinski definition) is 2. The van der Waals surface area contributed by atoms with Crippen LogP contribution >= 0.6 is 0 Å². The molecule has 1 aliphatic heterocycles. The maximum atomic E-state index is 13.6. The van der Waals surface area contributed by atoms with Crippen LogP contribution in [-0.4, -0.2) is 74.6 Å². The van der Waals surface area contributed by atoms with Gasteiger partial charge in [-0.15, -0.1) is 0 Å². The molecular formula is C43H50N2O9. The Kier molecular flexibility index (Phi) is 16.2. The van der Waals surface area contributed by atoms with Gasteiger partial charge in [0.05, 0.1) is 46.2 Å². The Morgan fingerprint density at radius 3 is 1.54 bits per heavy atom. The Labute approximate surface area is 317 Å². The summed E-state index contributed by atoms with van der Waals surface area (Å²) in [5.41, 5.74) is 3.85. The fraction of sp³-hybridized carbons (Fsp3) is 0.372. The molecule has 54 heavy (non-hydrogen) atoms. The quantitative estimate of drug-likeness (QED) is 0.116. The van der Waals surface area contributed by atoms with E-state index in [-0.39, 0.29) is 51.7 Å². The Bertz CT molecular complexity index is 1700. The SMILES string of the molecule is CCC(=O)NC(C[C@@H]1O[C@H](COCc2ccccc2)[C@H](OCc2ccccc2)[C@H](OCc2ccccc2)[C@H]1OCc1ccccc1)C(=O)NCC(=O)OC. The van der Waals surface area contributed by atoms with Crippen molar-refractivity contribution in [2.24, 2.45) is 0 Å². The molecule has 1 aliphatic rings. The minimum Gasteiger partial charge on any atom is -0.468 e. The number of carbonyl (C=O) groups excluding carboxylic acids is 3. The van der Waals surface area contributed by atoms with Crippen molar-refractivity contribution in [2.45, 2.75) is 82.8 Å². The molecule has 5 rings (SSSR count). The standard InChI is InChI=1S/C43H50N2O9/c1-3-38(46)45-35(43(48)44-25-39(47)49-2)24-36-40(51-27-32-18-10-5-11-19-32)42(53-29-34-22-14-7-15-23-34)41(52-28-33-20-12-6-13-21-33)37(54-36)30-50-26-31-16-8-4-9-17-31/h4-23,35-37,40-42H,3,24-30H2,1-2H3,(H,44,48)(H,45,46)/t35?,36-,37+,40-,41-,42+/m0/s1. The number of hydrogen-bond acceptors (Lipinski definition) is 9. The van der Waals surface area contributed by atoms with Crippen LogP contribution in [0.3, 0.4) is 0 Å². The molecule has 1 heterocycles. The molecule has 6 atom stereocenters. The van der Waals surface area contributed by atoms with E-state index in [1.165, 1.54) is 7.11 Å². The van der Waals surface area contributed by atoms with E-state index >= 15 is 0 Å². The van der Waals surface area contributed by atoms with Gasteiger partial charge in [-0.1, -0.05) is 128 Å². The van der Waals surface area contributed by atoms with Crippen LogP contribution in [0.1, 0.15) is 42.0 Å². The van der Waals surface area contributed by atoms with E-state index in [4.69, 9.17) is 28.4 Å². The summed E-state index contributed by atoms with van der Waals surface area (Å²) in [6, 6.07) is 38.2. The van der Waals surface area contributed by atoms with Gasteiger partial charge in [0.2, 0.25) is 11.8 Å². The van der Waals surface area contributed by atoms with Gasteiger partial charge in [0.15, 0.2) is 0 Å². The lowest BCUT2D eigenvalue weighted by Crippen LogP contribution is -2.63. The summed E-state index contributed by atoms with van der Waals surface area (Å²) in [4.78, 5) is 38.3. The minimum atomic E-state index is -1.07. The molecule has 0 radical (unpaired) electrons. The van der Waals surface area contributed by atoms with E-state index in [1.807, 2.05) is 121 Å². The van der Waals surface area contributed by atoms with E-state index in [0.29, 0.717) is 6.61 Å². The molecule has 11 nitrogen and oxygen atoms in total. The molecule has 0 aliphatic carbocycles. The van der Waals surface area contributed by atoms with Crippen molar-refractivity contribution in [3.05, 3.63) is 144 Å². The van der Waals surface area contributed by atoms with Crippen LogP contribution in [0.4, 0.5) is 0 Å². The lowest BCUT2D eigenvalue weighted by atomic mass is 9.90. The van der Waals surface area contributed by atoms with Gasteiger partial charge in [-0.05, 0) is 22.3 Å². The predicted octanol–water partition coefficient (Wildman–Crippen LogP) is 5.30. The molecular weight excluding hydrogens is 688 g/mol. The number of ether oxygens (including phenoxy) is 6. The number of carbonyl (C=O) groups is 3. The monoisotopic (exact) mass is 738 g/mol. The summed E-state index contributed by atoms with van der Waals surface area (Å²) < 4.78 is 38.1. The van der Waals surface area contributed by atoms with E-state index in [2.05, 4.69) is 10.6 Å². The summed E-state index contributed by atoms with van der Waals surface area (Å²) in [6.07, 6.45) is -3.45. The second kappa shape index (κ2) is 21.7. The molecule has 0 spiro atoms. The highest BCUT2D eigenvalue weighted by Crippen LogP contribution is 2.33. The third kappa shape index (κ3) is 12.6. The number of benzene rings is 4. The van der Waals surface area contributed by atoms with E-state index < -0.39 is 48.4 Å². The van der Waals surface area contributed by atoms with Crippen molar-refractivity contribution >= 4 is 17.8 Å². The van der Waals surface area contributed by atoms with Crippen LogP contribution < -0.4 is 10.6 Å². The van der Waals surface area contributed by atoms with Gasteiger partial charge in [0, 0.05) is 12.8 Å². The van der Waals surface area contributed by atoms with E-state index in [0.717, 1.165) is 22.3 Å². The maximum Gasteiger partial charge on any atom is 0.325 e. The number of nitrogens with one attached hydrogen (secondary N) is 2. The smallest absolute Gasteiger partial charge is 0.325 e. The van der Waals surface area contributed by atoms with Gasteiger partial charge < -0.3 is 39.1 Å². The third-order valence-corrected chi connectivity index (χ3v) is 9.06. The zero-order chi connectivity index (χ0) is 38.0. The van der Waals surface area contributed by atoms with Crippen molar-refractivity contribution in [2.75, 3.05) is 20.3 Å². The first-order chi connectivity index (χ1) is 26.4. The van der Waals surface area contributed by atoms with Crippen LogP contribution in [0.25, 0.3) is 0 Å². The first-order valence-electron chi connectivity index (χ1n) is 18.3. The molecule has 1 unspecified atom stereocenters. The summed E-state index contributed by atoms with van der Waals surface area (Å²) >= 11 is 0. The fourth-order valence-electron chi connectivity index (χ4n) is 6.19. The third-order valence-electron chi connectivity index (χ3n) is 9.06. The first kappa shape index (κ1) is 40.3. The number of esters is 1. The van der Waals surface area contributed by atoms with Crippen molar-refractivity contribution in [3.63, 3.8) is 0 Å². The molecule has 4 aromatic rings. The molecule has 286 valence electrons. The minimum absolute atomic E-state index is 0.00396. The van der Waals surface area contributed by atoms with Crippen molar-refractivity contribution in [1.29, 1.82) is 0 Å². The van der Waals surface area contributed by atoms with Gasteiger partial charge >= 0.3 is 5.97 Å². The predicted molar refractivity (Wildman–Crippen MR) is 202 cm³/mol. The summed E-state index contributed by atoms with van der Waals surface area (Å²) in [5, 5.41) is 5.41. The summed E-state index contributed by atoms with van der Waals surface area (Å²) in [5.74, 6) is -1.52. The zero-order valence-electron chi connectivity index (χ0n) is 30.8. The van der Waals surface area contributed by atoms with Crippen molar-refractivity contribution in [3.8, 4) is 0 Å². The van der Waals surface area contributed by atoms with Gasteiger partial charge in [0.25, 0.3) is 0 Å². The molecule has 0 bridgehead atoms. The molecule has 11 heteroatoms. The van der Waals surface area contributed by atoms with Gasteiger partial charge in [-0.25, -0.2) is 0 Å². The zero-order valence-corrected chi connectivity index (χ0v) is 30.8. The molecule has 0 saturated carbocycles. The molecule has 0 aromatic heterocycles. The van der Waals surface area contributed by atoms with Gasteiger partial charge in [-0.3, -0.25) is 14.4 Å². The number of methoxy groups -OCH3 is 1. The number of rotatable bonds is 20. The number of amides is 2. The average molecular weight is 739 g/mol. The van der Waals surface area contributed by atoms with Crippen LogP contribution in [0.2, 0.25) is 0 Å². The highest BCUT2D eigenvalue weighted by atomic mass is 16.6. The van der Waals surface area contributed by atoms with Gasteiger partial charge in [-0.2, -0.15) is 0 Å². The lowest BCUT2D eigenvalue weighted by Gasteiger charge is -2.47. The van der Waals surface area contributed by atoms with Gasteiger partial charge in [0.1, 0.15) is 37.0 Å². The van der Waals surface area contributed by atoms with Crippen molar-refractivity contribution in [1.82, 2.24) is 10.6 Å². The molecule has 2 amide bonds. The van der Waals surface area contributed by atoms with Crippen LogP contribution in [0, 0.1) is 0 Å². The van der Waals surface area contributed by atoms with E-state index in [1.54, 1.807) is 6.92 Å². The lowest BCUT2D eigenvalue weighted by molar-refractivity contribution is -0.274. The second-order valence-corrected chi connectivity index (χ2v) is 13.0. The topological polar surface area (TPSA) is 131 Å². The Morgan fingerprint density at radius 1 is 0.630 bits per heavy atom. The summed E-state index contributed by atoms with van der Waals surface area (Å²) in [7, 11) is 1.24. The molecule has 2 N–H and O–H groups in total. The van der Waals surface area contributed by atoms with Crippen LogP contribution in [-0.2, 0) is 69.2 Å². The molecule has 1 fully saturated rings. The molecule has 1 saturated heterocycles. The van der Waals surface area contributed by atoms with Crippen LogP contribution in [0.5, 0.6) is 0 Å². The summed E-state index contributed by atoms with van der Waals surface area (Å²) in [6.45, 7) is 2.56.